The van der Waals surface area contributed by atoms with Crippen LogP contribution in [0.1, 0.15) is 18.1 Å². The summed E-state index contributed by atoms with van der Waals surface area (Å²) in [5.41, 5.74) is 3.94. The number of amides is 2. The molecule has 0 aliphatic carbocycles. The highest BCUT2D eigenvalue weighted by Crippen LogP contribution is 2.11. The molecule has 0 saturated carbocycles. The van der Waals surface area contributed by atoms with E-state index < -0.39 is 30.6 Å². The van der Waals surface area contributed by atoms with Gasteiger partial charge in [-0.15, -0.1) is 0 Å². The smallest absolute Gasteiger partial charge is 0.407 e. The first kappa shape index (κ1) is 22.4. The number of carboxylic acids is 1. The fourth-order valence-corrected chi connectivity index (χ4v) is 2.42. The molecule has 0 fully saturated rings. The molecule has 2 rings (SSSR count). The molecule has 2 aromatic rings. The molecule has 0 spiro atoms. The Balaban J connectivity index is 1.96. The Morgan fingerprint density at radius 3 is 2.43 bits per heavy atom. The van der Waals surface area contributed by atoms with E-state index in [1.54, 1.807) is 31.2 Å². The van der Waals surface area contributed by atoms with Crippen molar-refractivity contribution in [1.82, 2.24) is 10.7 Å². The number of carboxylic acid groups (broad SMARTS) is 1. The summed E-state index contributed by atoms with van der Waals surface area (Å²) in [5.74, 6) is -1.16. The third-order valence-electron chi connectivity index (χ3n) is 3.80. The van der Waals surface area contributed by atoms with E-state index in [0.29, 0.717) is 11.3 Å². The predicted octanol–water partition coefficient (Wildman–Crippen LogP) is 1.96. The Hall–Kier alpha value is -3.88. The molecule has 0 heterocycles. The number of nitrogens with one attached hydrogen (secondary N) is 2. The van der Waals surface area contributed by atoms with Crippen molar-refractivity contribution in [3.63, 3.8) is 0 Å². The topological polar surface area (TPSA) is 126 Å². The van der Waals surface area contributed by atoms with Gasteiger partial charge in [-0.2, -0.15) is 5.10 Å². The lowest BCUT2D eigenvalue weighted by atomic mass is 10.1. The SMILES string of the molecule is CCOC(=O)N[C@H](Cc1ccccc1)C(=O)N/N=C\c1ccc(OCC(=O)O)cc1. The number of aliphatic carboxylic acids is 1. The van der Waals surface area contributed by atoms with Gasteiger partial charge >= 0.3 is 12.1 Å². The van der Waals surface area contributed by atoms with Crippen molar-refractivity contribution >= 4 is 24.2 Å². The van der Waals surface area contributed by atoms with E-state index in [2.05, 4.69) is 15.8 Å². The van der Waals surface area contributed by atoms with Crippen LogP contribution in [0.4, 0.5) is 4.79 Å². The number of carbonyl (C=O) groups excluding carboxylic acids is 2. The van der Waals surface area contributed by atoms with Gasteiger partial charge in [-0.05, 0) is 42.3 Å². The fraction of sp³-hybridized carbons (Fsp3) is 0.238. The molecule has 30 heavy (non-hydrogen) atoms. The first-order chi connectivity index (χ1) is 14.5. The Morgan fingerprint density at radius 1 is 1.10 bits per heavy atom. The van der Waals surface area contributed by atoms with Gasteiger partial charge in [0.25, 0.3) is 5.91 Å². The highest BCUT2D eigenvalue weighted by Gasteiger charge is 2.21. The van der Waals surface area contributed by atoms with E-state index in [0.717, 1.165) is 5.56 Å². The number of nitrogens with zero attached hydrogens (tertiary/aromatic N) is 1. The normalized spacial score (nSPS) is 11.5. The summed E-state index contributed by atoms with van der Waals surface area (Å²) >= 11 is 0. The summed E-state index contributed by atoms with van der Waals surface area (Å²) in [6.07, 6.45) is 1.01. The number of hydrogen-bond acceptors (Lipinski definition) is 6. The molecule has 0 aliphatic rings. The van der Waals surface area contributed by atoms with Gasteiger partial charge in [-0.1, -0.05) is 30.3 Å². The van der Waals surface area contributed by atoms with Crippen LogP contribution in [0, 0.1) is 0 Å². The molecule has 2 aromatic carbocycles. The van der Waals surface area contributed by atoms with E-state index in [-0.39, 0.29) is 13.0 Å². The van der Waals surface area contributed by atoms with Crippen LogP contribution in [0.25, 0.3) is 0 Å². The minimum atomic E-state index is -1.06. The molecule has 2 amide bonds. The molecule has 0 saturated heterocycles. The zero-order valence-corrected chi connectivity index (χ0v) is 16.4. The number of carbonyl (C=O) groups is 3. The molecule has 9 nitrogen and oxygen atoms in total. The van der Waals surface area contributed by atoms with Crippen LogP contribution in [-0.4, -0.2) is 48.5 Å². The molecule has 158 valence electrons. The zero-order chi connectivity index (χ0) is 21.8. The van der Waals surface area contributed by atoms with Crippen LogP contribution in [-0.2, 0) is 20.7 Å². The quantitative estimate of drug-likeness (QED) is 0.404. The van der Waals surface area contributed by atoms with Crippen molar-refractivity contribution < 1.29 is 29.0 Å². The van der Waals surface area contributed by atoms with Crippen molar-refractivity contribution in [2.75, 3.05) is 13.2 Å². The standard InChI is InChI=1S/C21H23N3O6/c1-2-29-21(28)23-18(12-15-6-4-3-5-7-15)20(27)24-22-13-16-8-10-17(11-9-16)30-14-19(25)26/h3-11,13,18H,2,12,14H2,1H3,(H,23,28)(H,24,27)(H,25,26)/b22-13-/t18-/m1/s1. The summed E-state index contributed by atoms with van der Waals surface area (Å²) in [7, 11) is 0. The van der Waals surface area contributed by atoms with Gasteiger partial charge in [0.05, 0.1) is 12.8 Å². The van der Waals surface area contributed by atoms with Crippen molar-refractivity contribution in [3.8, 4) is 5.75 Å². The lowest BCUT2D eigenvalue weighted by Gasteiger charge is -2.16. The molecule has 0 radical (unpaired) electrons. The average Bonchev–Trinajstić information content (AvgIpc) is 2.73. The van der Waals surface area contributed by atoms with Crippen molar-refractivity contribution in [1.29, 1.82) is 0 Å². The maximum absolute atomic E-state index is 12.5. The van der Waals surface area contributed by atoms with Crippen molar-refractivity contribution in [2.45, 2.75) is 19.4 Å². The van der Waals surface area contributed by atoms with E-state index in [1.165, 1.54) is 6.21 Å². The van der Waals surface area contributed by atoms with Gasteiger partial charge in [0, 0.05) is 6.42 Å². The highest BCUT2D eigenvalue weighted by molar-refractivity contribution is 5.87. The maximum Gasteiger partial charge on any atom is 0.407 e. The minimum Gasteiger partial charge on any atom is -0.482 e. The number of benzene rings is 2. The monoisotopic (exact) mass is 413 g/mol. The Labute approximate surface area is 173 Å². The summed E-state index contributed by atoms with van der Waals surface area (Å²) in [5, 5.41) is 15.0. The number of hydrogen-bond donors (Lipinski definition) is 3. The molecular formula is C21H23N3O6. The highest BCUT2D eigenvalue weighted by atomic mass is 16.5. The summed E-state index contributed by atoms with van der Waals surface area (Å²) in [4.78, 5) is 34.8. The lowest BCUT2D eigenvalue weighted by molar-refractivity contribution is -0.139. The second-order valence-corrected chi connectivity index (χ2v) is 6.09. The van der Waals surface area contributed by atoms with Gasteiger partial charge in [-0.25, -0.2) is 15.0 Å². The average molecular weight is 413 g/mol. The molecule has 3 N–H and O–H groups in total. The Morgan fingerprint density at radius 2 is 1.80 bits per heavy atom. The van der Waals surface area contributed by atoms with E-state index >= 15 is 0 Å². The summed E-state index contributed by atoms with van der Waals surface area (Å²) in [6.45, 7) is 1.43. The van der Waals surface area contributed by atoms with Crippen molar-refractivity contribution in [3.05, 3.63) is 65.7 Å². The van der Waals surface area contributed by atoms with Gasteiger partial charge < -0.3 is 19.9 Å². The first-order valence-electron chi connectivity index (χ1n) is 9.22. The van der Waals surface area contributed by atoms with E-state index in [9.17, 15) is 14.4 Å². The van der Waals surface area contributed by atoms with Gasteiger partial charge in [0.15, 0.2) is 6.61 Å². The molecule has 9 heteroatoms. The number of ether oxygens (including phenoxy) is 2. The zero-order valence-electron chi connectivity index (χ0n) is 16.4. The molecule has 1 atom stereocenters. The molecule has 0 aliphatic heterocycles. The second-order valence-electron chi connectivity index (χ2n) is 6.09. The van der Waals surface area contributed by atoms with Gasteiger partial charge in [-0.3, -0.25) is 4.79 Å². The van der Waals surface area contributed by atoms with Crippen LogP contribution >= 0.6 is 0 Å². The second kappa shape index (κ2) is 11.8. The third-order valence-corrected chi connectivity index (χ3v) is 3.80. The predicted molar refractivity (Wildman–Crippen MR) is 109 cm³/mol. The first-order valence-corrected chi connectivity index (χ1v) is 9.22. The minimum absolute atomic E-state index is 0.190. The number of hydrazone groups is 1. The molecular weight excluding hydrogens is 390 g/mol. The molecule has 0 aromatic heterocycles. The third kappa shape index (κ3) is 8.01. The Bertz CT molecular complexity index is 868. The fourth-order valence-electron chi connectivity index (χ4n) is 2.42. The Kier molecular flexibility index (Phi) is 8.85. The number of rotatable bonds is 10. The van der Waals surface area contributed by atoms with Crippen LogP contribution in [0.15, 0.2) is 59.7 Å². The molecule has 0 bridgehead atoms. The van der Waals surface area contributed by atoms with E-state index in [1.807, 2.05) is 30.3 Å². The van der Waals surface area contributed by atoms with Crippen LogP contribution < -0.4 is 15.5 Å². The van der Waals surface area contributed by atoms with Crippen LogP contribution in [0.5, 0.6) is 5.75 Å². The summed E-state index contributed by atoms with van der Waals surface area (Å²) < 4.78 is 9.91. The van der Waals surface area contributed by atoms with Gasteiger partial charge in [0.2, 0.25) is 0 Å². The van der Waals surface area contributed by atoms with Crippen LogP contribution in [0.3, 0.4) is 0 Å². The van der Waals surface area contributed by atoms with Gasteiger partial charge in [0.1, 0.15) is 11.8 Å². The number of alkyl carbamates (subject to hydrolysis) is 1. The maximum atomic E-state index is 12.5. The van der Waals surface area contributed by atoms with Crippen molar-refractivity contribution in [2.24, 2.45) is 5.10 Å². The largest absolute Gasteiger partial charge is 0.482 e. The van der Waals surface area contributed by atoms with Crippen LogP contribution in [0.2, 0.25) is 0 Å². The van der Waals surface area contributed by atoms with E-state index in [4.69, 9.17) is 14.6 Å². The lowest BCUT2D eigenvalue weighted by Crippen LogP contribution is -2.47. The summed E-state index contributed by atoms with van der Waals surface area (Å²) in [6, 6.07) is 14.9. The molecule has 0 unspecified atom stereocenters.